The van der Waals surface area contributed by atoms with Crippen molar-refractivity contribution in [3.05, 3.63) is 40.2 Å². The van der Waals surface area contributed by atoms with E-state index in [0.29, 0.717) is 31.5 Å². The van der Waals surface area contributed by atoms with Gasteiger partial charge in [-0.05, 0) is 45.9 Å². The number of halogens is 1. The number of carboxylic acids is 1. The lowest BCUT2D eigenvalue weighted by atomic mass is 10.1. The Labute approximate surface area is 167 Å². The molecule has 1 aliphatic heterocycles. The van der Waals surface area contributed by atoms with E-state index in [1.54, 1.807) is 11.0 Å². The number of carbonyl (C=O) groups is 2. The third-order valence-electron chi connectivity index (χ3n) is 4.78. The first-order chi connectivity index (χ1) is 13.5. The molecule has 1 fully saturated rings. The minimum absolute atomic E-state index is 0.000674. The number of aromatic carboxylic acids is 1. The van der Waals surface area contributed by atoms with Crippen LogP contribution >= 0.6 is 0 Å². The number of fused-ring (bicyclic) bond motifs is 1. The van der Waals surface area contributed by atoms with E-state index in [4.69, 9.17) is 9.84 Å². The normalized spacial score (nSPS) is 17.5. The molecule has 0 bridgehead atoms. The summed E-state index contributed by atoms with van der Waals surface area (Å²) in [6.45, 7) is 8.77. The lowest BCUT2D eigenvalue weighted by molar-refractivity contribution is 0.0218. The number of hydrogen-bond donors (Lipinski definition) is 1. The van der Waals surface area contributed by atoms with Crippen LogP contribution in [-0.2, 0) is 4.74 Å². The minimum Gasteiger partial charge on any atom is -0.477 e. The van der Waals surface area contributed by atoms with Crippen molar-refractivity contribution in [2.45, 2.75) is 39.3 Å². The molecule has 1 saturated heterocycles. The zero-order chi connectivity index (χ0) is 21.5. The molecule has 1 N–H and O–H groups in total. The number of piperazine rings is 1. The van der Waals surface area contributed by atoms with Crippen molar-refractivity contribution < 1.29 is 23.9 Å². The van der Waals surface area contributed by atoms with Crippen molar-refractivity contribution in [1.29, 1.82) is 0 Å². The van der Waals surface area contributed by atoms with E-state index < -0.39 is 22.6 Å². The molecule has 2 heterocycles. The molecule has 0 aliphatic carbocycles. The third-order valence-corrected chi connectivity index (χ3v) is 4.78. The Kier molecular flexibility index (Phi) is 5.25. The molecule has 3 rings (SSSR count). The maximum atomic E-state index is 14.4. The molecule has 0 spiro atoms. The quantitative estimate of drug-likeness (QED) is 0.826. The standard InChI is InChI=1S/C20H24FN3O5/c1-12-10-22(19(28)29-20(2,3)4)7-8-23(12)13-5-6-14-16(9-13)24(21)11-15(17(14)25)18(26)27/h5-6,9,11-12H,7-8,10H2,1-4H3,(H,26,27). The van der Waals surface area contributed by atoms with Gasteiger partial charge in [-0.3, -0.25) is 4.79 Å². The molecule has 1 aliphatic rings. The van der Waals surface area contributed by atoms with Gasteiger partial charge in [0, 0.05) is 36.7 Å². The number of aromatic nitrogens is 1. The van der Waals surface area contributed by atoms with Gasteiger partial charge in [0.15, 0.2) is 0 Å². The first-order valence-corrected chi connectivity index (χ1v) is 9.31. The fourth-order valence-corrected chi connectivity index (χ4v) is 3.44. The summed E-state index contributed by atoms with van der Waals surface area (Å²) in [4.78, 5) is 39.5. The molecule has 29 heavy (non-hydrogen) atoms. The number of anilines is 1. The van der Waals surface area contributed by atoms with Crippen molar-refractivity contribution in [3.63, 3.8) is 0 Å². The van der Waals surface area contributed by atoms with Gasteiger partial charge in [0.05, 0.1) is 11.7 Å². The van der Waals surface area contributed by atoms with Gasteiger partial charge >= 0.3 is 12.1 Å². The number of amides is 1. The van der Waals surface area contributed by atoms with Gasteiger partial charge in [-0.15, -0.1) is 0 Å². The maximum Gasteiger partial charge on any atom is 0.410 e. The average Bonchev–Trinajstić information content (AvgIpc) is 2.62. The molecule has 1 unspecified atom stereocenters. The van der Waals surface area contributed by atoms with Crippen LogP contribution in [0, 0.1) is 0 Å². The smallest absolute Gasteiger partial charge is 0.410 e. The van der Waals surface area contributed by atoms with E-state index in [9.17, 15) is 18.9 Å². The zero-order valence-electron chi connectivity index (χ0n) is 16.8. The number of ether oxygens (including phenoxy) is 1. The van der Waals surface area contributed by atoms with Crippen LogP contribution in [0.1, 0.15) is 38.1 Å². The minimum atomic E-state index is -1.47. The molecule has 1 aromatic carbocycles. The fourth-order valence-electron chi connectivity index (χ4n) is 3.44. The topological polar surface area (TPSA) is 92.1 Å². The van der Waals surface area contributed by atoms with Crippen LogP contribution in [0.2, 0.25) is 0 Å². The summed E-state index contributed by atoms with van der Waals surface area (Å²) in [5.74, 6) is -1.47. The van der Waals surface area contributed by atoms with Crippen LogP contribution in [-0.4, -0.2) is 58.1 Å². The Balaban J connectivity index is 1.86. The Morgan fingerprint density at radius 2 is 1.93 bits per heavy atom. The monoisotopic (exact) mass is 405 g/mol. The van der Waals surface area contributed by atoms with Gasteiger partial charge in [-0.25, -0.2) is 9.59 Å². The predicted octanol–water partition coefficient (Wildman–Crippen LogP) is 2.88. The van der Waals surface area contributed by atoms with E-state index in [2.05, 4.69) is 0 Å². The molecular weight excluding hydrogens is 381 g/mol. The van der Waals surface area contributed by atoms with Crippen molar-refractivity contribution >= 4 is 28.7 Å². The number of carbonyl (C=O) groups excluding carboxylic acids is 1. The van der Waals surface area contributed by atoms with Crippen LogP contribution in [0.15, 0.2) is 29.2 Å². The van der Waals surface area contributed by atoms with E-state index in [0.717, 1.165) is 0 Å². The predicted molar refractivity (Wildman–Crippen MR) is 106 cm³/mol. The molecule has 0 saturated carbocycles. The van der Waals surface area contributed by atoms with E-state index in [1.807, 2.05) is 32.6 Å². The van der Waals surface area contributed by atoms with Gasteiger partial charge < -0.3 is 19.6 Å². The van der Waals surface area contributed by atoms with Gasteiger partial charge in [0.25, 0.3) is 0 Å². The van der Waals surface area contributed by atoms with Gasteiger partial charge in [-0.1, -0.05) is 4.48 Å². The molecule has 1 amide bonds. The highest BCUT2D eigenvalue weighted by Gasteiger charge is 2.30. The molecule has 0 radical (unpaired) electrons. The summed E-state index contributed by atoms with van der Waals surface area (Å²) in [6, 6.07) is 4.55. The zero-order valence-corrected chi connectivity index (χ0v) is 16.8. The van der Waals surface area contributed by atoms with Gasteiger partial charge in [0.2, 0.25) is 5.43 Å². The summed E-state index contributed by atoms with van der Waals surface area (Å²) in [6.07, 6.45) is 0.307. The lowest BCUT2D eigenvalue weighted by Gasteiger charge is -2.41. The molecular formula is C20H24FN3O5. The van der Waals surface area contributed by atoms with E-state index in [1.165, 1.54) is 12.1 Å². The Morgan fingerprint density at radius 3 is 2.52 bits per heavy atom. The van der Waals surface area contributed by atoms with Gasteiger partial charge in [0.1, 0.15) is 11.2 Å². The first-order valence-electron chi connectivity index (χ1n) is 9.31. The number of carboxylic acid groups (broad SMARTS) is 1. The molecule has 156 valence electrons. The second kappa shape index (κ2) is 7.38. The van der Waals surface area contributed by atoms with Crippen LogP contribution in [0.3, 0.4) is 0 Å². The van der Waals surface area contributed by atoms with Crippen LogP contribution in [0.5, 0.6) is 0 Å². The summed E-state index contributed by atoms with van der Waals surface area (Å²) >= 11 is 0. The van der Waals surface area contributed by atoms with Crippen molar-refractivity contribution in [2.75, 3.05) is 24.5 Å². The van der Waals surface area contributed by atoms with Crippen LogP contribution < -0.4 is 10.3 Å². The highest BCUT2D eigenvalue weighted by Crippen LogP contribution is 2.25. The Morgan fingerprint density at radius 1 is 1.24 bits per heavy atom. The fraction of sp³-hybridized carbons (Fsp3) is 0.450. The van der Waals surface area contributed by atoms with Crippen LogP contribution in [0.25, 0.3) is 10.9 Å². The molecule has 1 atom stereocenters. The van der Waals surface area contributed by atoms with Crippen LogP contribution in [0.4, 0.5) is 15.0 Å². The number of benzene rings is 1. The summed E-state index contributed by atoms with van der Waals surface area (Å²) in [5, 5.41) is 9.05. The number of rotatable bonds is 2. The molecule has 1 aromatic heterocycles. The third kappa shape index (κ3) is 4.18. The summed E-state index contributed by atoms with van der Waals surface area (Å²) in [7, 11) is 0. The molecule has 9 heteroatoms. The van der Waals surface area contributed by atoms with Crippen molar-refractivity contribution in [2.24, 2.45) is 0 Å². The number of pyridine rings is 1. The SMILES string of the molecule is CC1CN(C(=O)OC(C)(C)C)CCN1c1ccc2c(=O)c(C(=O)O)cn(F)c2c1. The summed E-state index contributed by atoms with van der Waals surface area (Å²) in [5.41, 5.74) is -1.24. The van der Waals surface area contributed by atoms with E-state index >= 15 is 0 Å². The molecule has 2 aromatic rings. The number of nitrogens with zero attached hydrogens (tertiary/aromatic N) is 3. The average molecular weight is 405 g/mol. The van der Waals surface area contributed by atoms with E-state index in [-0.39, 0.29) is 27.8 Å². The highest BCUT2D eigenvalue weighted by molar-refractivity contribution is 5.93. The second-order valence-electron chi connectivity index (χ2n) is 8.16. The maximum absolute atomic E-state index is 14.4. The van der Waals surface area contributed by atoms with Crippen molar-refractivity contribution in [1.82, 2.24) is 9.69 Å². The molecule has 8 nitrogen and oxygen atoms in total. The summed E-state index contributed by atoms with van der Waals surface area (Å²) < 4.78 is 19.8. The second-order valence-corrected chi connectivity index (χ2v) is 8.16. The Hall–Kier alpha value is -3.10. The lowest BCUT2D eigenvalue weighted by Crippen LogP contribution is -2.54. The Bertz CT molecular complexity index is 1030. The van der Waals surface area contributed by atoms with Gasteiger partial charge in [-0.2, -0.15) is 4.79 Å². The van der Waals surface area contributed by atoms with Crippen molar-refractivity contribution in [3.8, 4) is 0 Å². The highest BCUT2D eigenvalue weighted by atomic mass is 19.2. The first kappa shape index (κ1) is 20.6. The number of hydrogen-bond acceptors (Lipinski definition) is 5. The largest absolute Gasteiger partial charge is 0.477 e.